The van der Waals surface area contributed by atoms with Gasteiger partial charge in [0, 0.05) is 33.8 Å². The molecule has 3 aromatic heterocycles. The van der Waals surface area contributed by atoms with Gasteiger partial charge in [0.15, 0.2) is 0 Å². The molecule has 0 spiro atoms. The Labute approximate surface area is 183 Å². The monoisotopic (exact) mass is 417 g/mol. The maximum absolute atomic E-state index is 13.4. The summed E-state index contributed by atoms with van der Waals surface area (Å²) in [6.07, 6.45) is 2.37. The molecule has 154 valence electrons. The first-order valence-corrected chi connectivity index (χ1v) is 10.6. The van der Waals surface area contributed by atoms with Gasteiger partial charge in [-0.3, -0.25) is 9.78 Å². The summed E-state index contributed by atoms with van der Waals surface area (Å²) in [5.41, 5.74) is 3.35. The lowest BCUT2D eigenvalue weighted by atomic mass is 10.1. The van der Waals surface area contributed by atoms with Gasteiger partial charge in [-0.1, -0.05) is 60.7 Å². The van der Waals surface area contributed by atoms with Gasteiger partial charge in [-0.05, 0) is 24.3 Å². The molecule has 0 aliphatic carbocycles. The van der Waals surface area contributed by atoms with E-state index in [1.54, 1.807) is 6.20 Å². The summed E-state index contributed by atoms with van der Waals surface area (Å²) in [6.45, 7) is 0.453. The van der Waals surface area contributed by atoms with E-state index in [2.05, 4.69) is 11.2 Å². The predicted molar refractivity (Wildman–Crippen MR) is 127 cm³/mol. The van der Waals surface area contributed by atoms with Crippen LogP contribution in [0.25, 0.3) is 44.0 Å². The van der Waals surface area contributed by atoms with Crippen LogP contribution >= 0.6 is 0 Å². The van der Waals surface area contributed by atoms with Crippen molar-refractivity contribution in [1.29, 1.82) is 0 Å². The third-order valence-corrected chi connectivity index (χ3v) is 5.81. The molecule has 0 aliphatic heterocycles. The smallest absolute Gasteiger partial charge is 0.275 e. The minimum Gasteiger partial charge on any atom is -0.456 e. The van der Waals surface area contributed by atoms with E-state index in [0.717, 1.165) is 38.5 Å². The van der Waals surface area contributed by atoms with Crippen LogP contribution in [0.3, 0.4) is 0 Å². The van der Waals surface area contributed by atoms with Crippen molar-refractivity contribution in [3.63, 3.8) is 0 Å². The van der Waals surface area contributed by atoms with Gasteiger partial charge in [-0.15, -0.1) is 0 Å². The van der Waals surface area contributed by atoms with E-state index >= 15 is 0 Å². The van der Waals surface area contributed by atoms with Crippen LogP contribution in [0.5, 0.6) is 0 Å². The predicted octanol–water partition coefficient (Wildman–Crippen LogP) is 5.60. The molecule has 0 fully saturated rings. The molecular weight excluding hydrogens is 398 g/mol. The van der Waals surface area contributed by atoms with Crippen molar-refractivity contribution in [3.8, 4) is 11.3 Å². The first kappa shape index (κ1) is 18.5. The number of hydrogen-bond donors (Lipinski definition) is 0. The molecule has 0 unspecified atom stereocenters. The topological polar surface area (TPSA) is 60.9 Å². The largest absolute Gasteiger partial charge is 0.456 e. The number of aromatic nitrogens is 3. The van der Waals surface area contributed by atoms with E-state index in [1.165, 1.54) is 4.68 Å². The van der Waals surface area contributed by atoms with Crippen LogP contribution in [0.4, 0.5) is 0 Å². The summed E-state index contributed by atoms with van der Waals surface area (Å²) in [5, 5.41) is 7.94. The second-order valence-corrected chi connectivity index (χ2v) is 7.84. The average Bonchev–Trinajstić information content (AvgIpc) is 3.27. The lowest BCUT2D eigenvalue weighted by molar-refractivity contribution is 0.579. The summed E-state index contributed by atoms with van der Waals surface area (Å²) in [6, 6.07) is 27.7. The van der Waals surface area contributed by atoms with Crippen LogP contribution in [0.1, 0.15) is 5.69 Å². The maximum atomic E-state index is 13.4. The molecule has 0 saturated heterocycles. The Morgan fingerprint density at radius 3 is 2.53 bits per heavy atom. The average molecular weight is 417 g/mol. The molecule has 0 saturated carbocycles. The Hall–Kier alpha value is -4.25. The summed E-state index contributed by atoms with van der Waals surface area (Å²) < 4.78 is 7.57. The number of rotatable bonds is 4. The minimum absolute atomic E-state index is 0.126. The fourth-order valence-electron chi connectivity index (χ4n) is 4.18. The summed E-state index contributed by atoms with van der Waals surface area (Å²) >= 11 is 0. The van der Waals surface area contributed by atoms with Crippen LogP contribution in [-0.2, 0) is 13.0 Å². The van der Waals surface area contributed by atoms with Crippen molar-refractivity contribution in [2.24, 2.45) is 0 Å². The van der Waals surface area contributed by atoms with Gasteiger partial charge >= 0.3 is 0 Å². The molecule has 5 nitrogen and oxygen atoms in total. The number of para-hydroxylation sites is 2. The Morgan fingerprint density at radius 2 is 1.62 bits per heavy atom. The summed E-state index contributed by atoms with van der Waals surface area (Å²) in [5.74, 6) is 0.683. The van der Waals surface area contributed by atoms with E-state index in [4.69, 9.17) is 9.40 Å². The summed E-state index contributed by atoms with van der Waals surface area (Å²) in [4.78, 5) is 18.1. The van der Waals surface area contributed by atoms with Crippen molar-refractivity contribution in [2.75, 3.05) is 0 Å². The number of fused-ring (bicyclic) bond motifs is 3. The van der Waals surface area contributed by atoms with Gasteiger partial charge in [0.1, 0.15) is 11.3 Å². The van der Waals surface area contributed by atoms with E-state index < -0.39 is 0 Å². The van der Waals surface area contributed by atoms with E-state index in [0.29, 0.717) is 24.1 Å². The Morgan fingerprint density at radius 1 is 0.812 bits per heavy atom. The van der Waals surface area contributed by atoms with Gasteiger partial charge in [0.2, 0.25) is 0 Å². The number of nitrogens with zero attached hydrogens (tertiary/aromatic N) is 3. The van der Waals surface area contributed by atoms with Crippen LogP contribution in [0.15, 0.2) is 100 Å². The zero-order chi connectivity index (χ0) is 21.5. The van der Waals surface area contributed by atoms with Crippen LogP contribution in [0, 0.1) is 0 Å². The number of furan rings is 1. The first-order valence-electron chi connectivity index (χ1n) is 10.6. The van der Waals surface area contributed by atoms with Crippen molar-refractivity contribution in [3.05, 3.63) is 107 Å². The molecule has 3 aromatic carbocycles. The zero-order valence-corrected chi connectivity index (χ0v) is 17.2. The first-order chi connectivity index (χ1) is 15.8. The highest BCUT2D eigenvalue weighted by molar-refractivity contribution is 5.96. The van der Waals surface area contributed by atoms with Gasteiger partial charge in [-0.25, -0.2) is 4.68 Å². The Kier molecular flexibility index (Phi) is 4.32. The molecule has 6 rings (SSSR count). The lowest BCUT2D eigenvalue weighted by Gasteiger charge is -2.09. The second kappa shape index (κ2) is 7.46. The normalized spacial score (nSPS) is 11.5. The van der Waals surface area contributed by atoms with E-state index in [1.807, 2.05) is 78.9 Å². The number of aryl methyl sites for hydroxylation is 2. The number of benzene rings is 3. The molecule has 0 N–H and O–H groups in total. The molecule has 6 aromatic rings. The third kappa shape index (κ3) is 3.15. The highest BCUT2D eigenvalue weighted by Crippen LogP contribution is 2.31. The van der Waals surface area contributed by atoms with E-state index in [-0.39, 0.29) is 5.56 Å². The number of hydrogen-bond acceptors (Lipinski definition) is 4. The van der Waals surface area contributed by atoms with Crippen LogP contribution in [-0.4, -0.2) is 14.8 Å². The van der Waals surface area contributed by atoms with E-state index in [9.17, 15) is 4.79 Å². The van der Waals surface area contributed by atoms with Gasteiger partial charge in [0.05, 0.1) is 23.6 Å². The van der Waals surface area contributed by atoms with Crippen molar-refractivity contribution >= 4 is 32.6 Å². The van der Waals surface area contributed by atoms with Crippen LogP contribution < -0.4 is 5.56 Å². The highest BCUT2D eigenvalue weighted by atomic mass is 16.3. The summed E-state index contributed by atoms with van der Waals surface area (Å²) in [7, 11) is 0. The van der Waals surface area contributed by atoms with Gasteiger partial charge < -0.3 is 4.42 Å². The zero-order valence-electron chi connectivity index (χ0n) is 17.2. The molecule has 32 heavy (non-hydrogen) atoms. The Bertz CT molecular complexity index is 1630. The third-order valence-electron chi connectivity index (χ3n) is 5.81. The van der Waals surface area contributed by atoms with Crippen LogP contribution in [0.2, 0.25) is 0 Å². The molecule has 3 heterocycles. The molecule has 0 bridgehead atoms. The lowest BCUT2D eigenvalue weighted by Crippen LogP contribution is -2.24. The maximum Gasteiger partial charge on any atom is 0.275 e. The SMILES string of the molecule is O=c1c2c(-c3cc4ccccc4o3)cccc2cnn1CCc1ccc2ccccc2n1. The molecule has 0 atom stereocenters. The molecule has 0 radical (unpaired) electrons. The van der Waals surface area contributed by atoms with Gasteiger partial charge in [0.25, 0.3) is 5.56 Å². The molecule has 0 aliphatic rings. The van der Waals surface area contributed by atoms with Crippen molar-refractivity contribution in [1.82, 2.24) is 14.8 Å². The minimum atomic E-state index is -0.126. The molecule has 0 amide bonds. The fourth-order valence-corrected chi connectivity index (χ4v) is 4.18. The highest BCUT2D eigenvalue weighted by Gasteiger charge is 2.14. The van der Waals surface area contributed by atoms with Crippen molar-refractivity contribution < 1.29 is 4.42 Å². The number of pyridine rings is 1. The molecule has 5 heteroatoms. The van der Waals surface area contributed by atoms with Gasteiger partial charge in [-0.2, -0.15) is 5.10 Å². The quantitative estimate of drug-likeness (QED) is 0.375. The Balaban J connectivity index is 1.39. The second-order valence-electron chi connectivity index (χ2n) is 7.84. The van der Waals surface area contributed by atoms with Crippen molar-refractivity contribution in [2.45, 2.75) is 13.0 Å². The molecular formula is C27H19N3O2. The standard InChI is InChI=1S/C27H19N3O2/c31-27-26-20(8-5-9-22(26)25-16-19-7-2-4-11-24(19)32-25)17-28-30(27)15-14-21-13-12-18-6-1-3-10-23(18)29-21/h1-13,16-17H,14-15H2. The fraction of sp³-hybridized carbons (Fsp3) is 0.0741.